The summed E-state index contributed by atoms with van der Waals surface area (Å²) in [5, 5.41) is 6.78. The van der Waals surface area contributed by atoms with Gasteiger partial charge in [-0.15, -0.1) is 0 Å². The van der Waals surface area contributed by atoms with E-state index in [1.807, 2.05) is 0 Å². The topological polar surface area (TPSA) is 106 Å². The van der Waals surface area contributed by atoms with Crippen molar-refractivity contribution in [3.63, 3.8) is 0 Å². The van der Waals surface area contributed by atoms with Gasteiger partial charge in [-0.25, -0.2) is 10.2 Å². The third-order valence-corrected chi connectivity index (χ3v) is 5.12. The lowest BCUT2D eigenvalue weighted by atomic mass is 10.2. The number of hydrogen-bond acceptors (Lipinski definition) is 6. The first-order chi connectivity index (χ1) is 16.4. The van der Waals surface area contributed by atoms with E-state index in [9.17, 15) is 14.4 Å². The van der Waals surface area contributed by atoms with Crippen molar-refractivity contribution in [2.45, 2.75) is 0 Å². The fraction of sp³-hybridized carbons (Fsp3) is 0.0833. The molecule has 0 bridgehead atoms. The van der Waals surface area contributed by atoms with E-state index >= 15 is 0 Å². The molecule has 0 saturated carbocycles. The Morgan fingerprint density at radius 2 is 1.79 bits per heavy atom. The van der Waals surface area contributed by atoms with E-state index in [0.717, 1.165) is 4.47 Å². The van der Waals surface area contributed by atoms with Gasteiger partial charge >= 0.3 is 5.97 Å². The van der Waals surface area contributed by atoms with Crippen LogP contribution in [-0.4, -0.2) is 37.7 Å². The summed E-state index contributed by atoms with van der Waals surface area (Å²) in [6.45, 7) is -0.291. The fourth-order valence-electron chi connectivity index (χ4n) is 2.70. The molecule has 2 N–H and O–H groups in total. The van der Waals surface area contributed by atoms with Crippen LogP contribution < -0.4 is 20.2 Å². The maximum Gasteiger partial charge on any atom is 0.343 e. The zero-order valence-electron chi connectivity index (χ0n) is 17.9. The third-order valence-electron chi connectivity index (χ3n) is 4.39. The molecule has 3 rings (SSSR count). The first kappa shape index (κ1) is 24.9. The summed E-state index contributed by atoms with van der Waals surface area (Å²) in [5.74, 6) is -0.684. The second-order valence-electron chi connectivity index (χ2n) is 6.79. The van der Waals surface area contributed by atoms with Gasteiger partial charge in [-0.3, -0.25) is 9.59 Å². The smallest absolute Gasteiger partial charge is 0.343 e. The molecular formula is C24H19BrClN3O5. The van der Waals surface area contributed by atoms with Gasteiger partial charge in [0.2, 0.25) is 0 Å². The number of rotatable bonds is 8. The lowest BCUT2D eigenvalue weighted by molar-refractivity contribution is -0.120. The van der Waals surface area contributed by atoms with E-state index < -0.39 is 17.8 Å². The van der Waals surface area contributed by atoms with Crippen LogP contribution in [0.3, 0.4) is 0 Å². The van der Waals surface area contributed by atoms with Crippen molar-refractivity contribution >= 4 is 51.5 Å². The molecule has 0 saturated heterocycles. The summed E-state index contributed by atoms with van der Waals surface area (Å²) in [6.07, 6.45) is 1.33. The van der Waals surface area contributed by atoms with Gasteiger partial charge in [-0.2, -0.15) is 5.10 Å². The molecular weight excluding hydrogens is 526 g/mol. The van der Waals surface area contributed by atoms with Gasteiger partial charge in [0.1, 0.15) is 11.5 Å². The molecule has 0 fully saturated rings. The molecule has 0 aromatic heterocycles. The molecule has 0 radical (unpaired) electrons. The average Bonchev–Trinajstić information content (AvgIpc) is 2.84. The van der Waals surface area contributed by atoms with Gasteiger partial charge in [0, 0.05) is 20.6 Å². The monoisotopic (exact) mass is 543 g/mol. The van der Waals surface area contributed by atoms with Crippen molar-refractivity contribution in [3.8, 4) is 11.5 Å². The number of nitrogens with one attached hydrogen (secondary N) is 2. The number of benzene rings is 3. The van der Waals surface area contributed by atoms with E-state index in [1.165, 1.54) is 19.4 Å². The quantitative estimate of drug-likeness (QED) is 0.191. The largest absolute Gasteiger partial charge is 0.497 e. The molecule has 0 heterocycles. The maximum absolute atomic E-state index is 12.5. The Balaban J connectivity index is 1.59. The zero-order valence-corrected chi connectivity index (χ0v) is 20.2. The number of amides is 2. The molecule has 0 atom stereocenters. The Hall–Kier alpha value is -3.69. The minimum atomic E-state index is -0.563. The van der Waals surface area contributed by atoms with Crippen LogP contribution in [0.4, 0.5) is 0 Å². The van der Waals surface area contributed by atoms with Crippen LogP contribution in [0.25, 0.3) is 0 Å². The van der Waals surface area contributed by atoms with Gasteiger partial charge in [0.15, 0.2) is 0 Å². The van der Waals surface area contributed by atoms with E-state index in [-0.39, 0.29) is 12.3 Å². The first-order valence-electron chi connectivity index (χ1n) is 9.87. The van der Waals surface area contributed by atoms with Crippen LogP contribution in [0, 0.1) is 0 Å². The SMILES string of the molecule is COc1ccc(C(=O)Oc2ccc(Br)cc2/C=N\NC(=O)CNC(=O)c2cccc(Cl)c2)cc1. The van der Waals surface area contributed by atoms with Gasteiger partial charge in [-0.05, 0) is 60.7 Å². The van der Waals surface area contributed by atoms with E-state index in [4.69, 9.17) is 21.1 Å². The summed E-state index contributed by atoms with van der Waals surface area (Å²) in [7, 11) is 1.53. The van der Waals surface area contributed by atoms with Crippen LogP contribution in [0.15, 0.2) is 76.3 Å². The van der Waals surface area contributed by atoms with Crippen LogP contribution in [0.1, 0.15) is 26.3 Å². The van der Waals surface area contributed by atoms with Gasteiger partial charge in [-0.1, -0.05) is 33.6 Å². The van der Waals surface area contributed by atoms with Gasteiger partial charge in [0.25, 0.3) is 11.8 Å². The van der Waals surface area contributed by atoms with Crippen molar-refractivity contribution in [1.29, 1.82) is 0 Å². The van der Waals surface area contributed by atoms with E-state index in [0.29, 0.717) is 27.5 Å². The number of halogens is 2. The van der Waals surface area contributed by atoms with Gasteiger partial charge < -0.3 is 14.8 Å². The predicted molar refractivity (Wildman–Crippen MR) is 132 cm³/mol. The zero-order chi connectivity index (χ0) is 24.5. The molecule has 8 nitrogen and oxygen atoms in total. The van der Waals surface area contributed by atoms with Crippen LogP contribution in [0.2, 0.25) is 5.02 Å². The Labute approximate surface area is 209 Å². The van der Waals surface area contributed by atoms with Crippen LogP contribution in [0.5, 0.6) is 11.5 Å². The summed E-state index contributed by atoms with van der Waals surface area (Å²) in [6, 6.07) is 17.8. The van der Waals surface area contributed by atoms with Crippen LogP contribution in [-0.2, 0) is 4.79 Å². The third kappa shape index (κ3) is 7.16. The molecule has 0 aliphatic rings. The second kappa shape index (κ2) is 12.0. The number of carbonyl (C=O) groups is 3. The summed E-state index contributed by atoms with van der Waals surface area (Å²) in [4.78, 5) is 36.6. The average molecular weight is 545 g/mol. The standard InChI is InChI=1S/C24H19BrClN3O5/c1-33-20-8-5-15(6-9-20)24(32)34-21-10-7-18(25)11-17(21)13-28-29-22(30)14-27-23(31)16-3-2-4-19(26)12-16/h2-13H,14H2,1H3,(H,27,31)(H,29,30)/b28-13-. The van der Waals surface area contributed by atoms with E-state index in [2.05, 4.69) is 31.8 Å². The number of methoxy groups -OCH3 is 1. The maximum atomic E-state index is 12.5. The number of esters is 1. The Kier molecular flexibility index (Phi) is 8.78. The number of hydrogen-bond donors (Lipinski definition) is 2. The molecule has 0 unspecified atom stereocenters. The Morgan fingerprint density at radius 1 is 1.03 bits per heavy atom. The predicted octanol–water partition coefficient (Wildman–Crippen LogP) is 4.21. The first-order valence-corrected chi connectivity index (χ1v) is 11.0. The Bertz CT molecular complexity index is 1230. The highest BCUT2D eigenvalue weighted by Gasteiger charge is 2.12. The lowest BCUT2D eigenvalue weighted by Crippen LogP contribution is -2.34. The summed E-state index contributed by atoms with van der Waals surface area (Å²) >= 11 is 9.21. The molecule has 34 heavy (non-hydrogen) atoms. The highest BCUT2D eigenvalue weighted by Crippen LogP contribution is 2.23. The minimum Gasteiger partial charge on any atom is -0.497 e. The molecule has 0 aliphatic heterocycles. The van der Waals surface area contributed by atoms with Crippen molar-refractivity contribution in [1.82, 2.24) is 10.7 Å². The van der Waals surface area contributed by atoms with Crippen molar-refractivity contribution in [2.75, 3.05) is 13.7 Å². The Morgan fingerprint density at radius 3 is 2.50 bits per heavy atom. The lowest BCUT2D eigenvalue weighted by Gasteiger charge is -2.09. The normalized spacial score (nSPS) is 10.6. The number of carbonyl (C=O) groups excluding carboxylic acids is 3. The molecule has 10 heteroatoms. The summed E-state index contributed by atoms with van der Waals surface area (Å²) in [5.41, 5.74) is 3.44. The van der Waals surface area contributed by atoms with Crippen molar-refractivity contribution in [2.24, 2.45) is 5.10 Å². The molecule has 2 amide bonds. The number of ether oxygens (including phenoxy) is 2. The van der Waals surface area contributed by atoms with Crippen LogP contribution >= 0.6 is 27.5 Å². The fourth-order valence-corrected chi connectivity index (χ4v) is 3.27. The molecule has 0 aliphatic carbocycles. The molecule has 0 spiro atoms. The molecule has 3 aromatic rings. The molecule has 3 aromatic carbocycles. The van der Waals surface area contributed by atoms with E-state index in [1.54, 1.807) is 60.7 Å². The highest BCUT2D eigenvalue weighted by molar-refractivity contribution is 9.10. The summed E-state index contributed by atoms with van der Waals surface area (Å²) < 4.78 is 11.3. The van der Waals surface area contributed by atoms with Crippen molar-refractivity contribution in [3.05, 3.63) is 92.9 Å². The van der Waals surface area contributed by atoms with Crippen molar-refractivity contribution < 1.29 is 23.9 Å². The number of nitrogens with zero attached hydrogens (tertiary/aromatic N) is 1. The second-order valence-corrected chi connectivity index (χ2v) is 8.14. The minimum absolute atomic E-state index is 0.247. The van der Waals surface area contributed by atoms with Gasteiger partial charge in [0.05, 0.1) is 25.4 Å². The molecule has 174 valence electrons. The number of hydrazone groups is 1. The highest BCUT2D eigenvalue weighted by atomic mass is 79.9.